The molecule has 0 bridgehead atoms. The predicted molar refractivity (Wildman–Crippen MR) is 123 cm³/mol. The van der Waals surface area contributed by atoms with Crippen LogP contribution in [0.1, 0.15) is 56.6 Å². The normalized spacial score (nSPS) is 20.7. The van der Waals surface area contributed by atoms with Gasteiger partial charge in [0, 0.05) is 29.0 Å². The lowest BCUT2D eigenvalue weighted by Gasteiger charge is -2.37. The van der Waals surface area contributed by atoms with Crippen LogP contribution in [0.2, 0.25) is 0 Å². The molecular weight excluding hydrogens is 402 g/mol. The van der Waals surface area contributed by atoms with Gasteiger partial charge in [-0.25, -0.2) is 4.79 Å². The maximum Gasteiger partial charge on any atom is 0.337 e. The summed E-state index contributed by atoms with van der Waals surface area (Å²) in [7, 11) is 1.60. The zero-order valence-corrected chi connectivity index (χ0v) is 19.0. The number of nitrogens with one attached hydrogen (secondary N) is 1. The summed E-state index contributed by atoms with van der Waals surface area (Å²) < 4.78 is 11.2. The number of hydrogen-bond acceptors (Lipinski definition) is 5. The van der Waals surface area contributed by atoms with E-state index in [9.17, 15) is 9.59 Å². The Bertz CT molecular complexity index is 1100. The van der Waals surface area contributed by atoms with Crippen molar-refractivity contribution in [2.45, 2.75) is 51.6 Å². The molecule has 1 aliphatic heterocycles. The number of ether oxygens (including phenoxy) is 2. The molecule has 2 aliphatic rings. The van der Waals surface area contributed by atoms with Gasteiger partial charge >= 0.3 is 5.97 Å². The van der Waals surface area contributed by atoms with E-state index in [2.05, 4.69) is 17.4 Å². The quantitative estimate of drug-likeness (QED) is 0.675. The molecule has 0 unspecified atom stereocenters. The fourth-order valence-electron chi connectivity index (χ4n) is 4.76. The van der Waals surface area contributed by atoms with Gasteiger partial charge in [-0.1, -0.05) is 48.5 Å². The monoisotopic (exact) mass is 431 g/mol. The number of Topliss-reactive ketones (excluding diaryl/α,β-unsaturated/α-hetero) is 1. The first kappa shape index (κ1) is 21.9. The lowest BCUT2D eigenvalue weighted by atomic mass is 9.71. The highest BCUT2D eigenvalue weighted by molar-refractivity contribution is 6.04. The second-order valence-electron chi connectivity index (χ2n) is 8.62. The third kappa shape index (κ3) is 4.07. The molecule has 1 heterocycles. The van der Waals surface area contributed by atoms with Crippen molar-refractivity contribution in [2.24, 2.45) is 0 Å². The maximum absolute atomic E-state index is 13.6. The summed E-state index contributed by atoms with van der Waals surface area (Å²) in [6.45, 7) is 5.52. The van der Waals surface area contributed by atoms with E-state index >= 15 is 0 Å². The first-order valence-corrected chi connectivity index (χ1v) is 11.0. The highest BCUT2D eigenvalue weighted by Crippen LogP contribution is 2.47. The zero-order valence-electron chi connectivity index (χ0n) is 19.0. The van der Waals surface area contributed by atoms with Gasteiger partial charge in [-0.05, 0) is 44.7 Å². The van der Waals surface area contributed by atoms with E-state index in [1.54, 1.807) is 7.11 Å². The minimum Gasteiger partial charge on any atom is -0.496 e. The van der Waals surface area contributed by atoms with Gasteiger partial charge in [0.15, 0.2) is 5.78 Å². The first-order valence-electron chi connectivity index (χ1n) is 11.0. The number of para-hydroxylation sites is 1. The summed E-state index contributed by atoms with van der Waals surface area (Å²) in [6.07, 6.45) is 0.850. The molecule has 0 saturated carbocycles. The van der Waals surface area contributed by atoms with Crippen molar-refractivity contribution in [3.8, 4) is 5.75 Å². The third-order valence-corrected chi connectivity index (χ3v) is 6.11. The summed E-state index contributed by atoms with van der Waals surface area (Å²) in [5, 5.41) is 3.39. The van der Waals surface area contributed by atoms with Crippen LogP contribution in [0.15, 0.2) is 77.1 Å². The van der Waals surface area contributed by atoms with Crippen molar-refractivity contribution < 1.29 is 19.1 Å². The van der Waals surface area contributed by atoms with E-state index in [-0.39, 0.29) is 17.8 Å². The van der Waals surface area contributed by atoms with Crippen LogP contribution < -0.4 is 10.1 Å². The second kappa shape index (κ2) is 9.03. The molecule has 0 spiro atoms. The van der Waals surface area contributed by atoms with Crippen molar-refractivity contribution in [1.29, 1.82) is 0 Å². The number of carbonyl (C=O) groups is 2. The summed E-state index contributed by atoms with van der Waals surface area (Å²) >= 11 is 0. The molecule has 5 heteroatoms. The SMILES string of the molecule is COc1ccccc1[C@H]1C(C(=O)OC(C)C)=C(C)NC2=C1C(=O)C[C@H](c1ccccc1)C2. The Morgan fingerprint density at radius 1 is 1.03 bits per heavy atom. The van der Waals surface area contributed by atoms with Gasteiger partial charge in [0.2, 0.25) is 0 Å². The molecule has 0 aromatic heterocycles. The van der Waals surface area contributed by atoms with Crippen LogP contribution in [0.25, 0.3) is 0 Å². The number of hydrogen-bond donors (Lipinski definition) is 1. The second-order valence-corrected chi connectivity index (χ2v) is 8.62. The van der Waals surface area contributed by atoms with Gasteiger partial charge in [-0.2, -0.15) is 0 Å². The van der Waals surface area contributed by atoms with Gasteiger partial charge in [0.25, 0.3) is 0 Å². The van der Waals surface area contributed by atoms with E-state index in [1.165, 1.54) is 0 Å². The van der Waals surface area contributed by atoms with Crippen molar-refractivity contribution in [3.05, 3.63) is 88.3 Å². The number of carbonyl (C=O) groups excluding carboxylic acids is 2. The largest absolute Gasteiger partial charge is 0.496 e. The lowest BCUT2D eigenvalue weighted by Crippen LogP contribution is -2.36. The van der Waals surface area contributed by atoms with E-state index in [0.717, 1.165) is 16.8 Å². The molecule has 166 valence electrons. The van der Waals surface area contributed by atoms with E-state index < -0.39 is 11.9 Å². The van der Waals surface area contributed by atoms with Crippen molar-refractivity contribution in [2.75, 3.05) is 7.11 Å². The van der Waals surface area contributed by atoms with Crippen molar-refractivity contribution in [1.82, 2.24) is 5.32 Å². The molecule has 4 rings (SSSR count). The number of dihydropyridines is 1. The molecule has 0 fully saturated rings. The van der Waals surface area contributed by atoms with Crippen molar-refractivity contribution >= 4 is 11.8 Å². The molecule has 1 N–H and O–H groups in total. The van der Waals surface area contributed by atoms with Gasteiger partial charge in [-0.3, -0.25) is 4.79 Å². The molecular formula is C27H29NO4. The zero-order chi connectivity index (χ0) is 22.8. The molecule has 0 radical (unpaired) electrons. The van der Waals surface area contributed by atoms with Crippen LogP contribution in [-0.4, -0.2) is 25.0 Å². The minimum absolute atomic E-state index is 0.0471. The Morgan fingerprint density at radius 2 is 1.72 bits per heavy atom. The Morgan fingerprint density at radius 3 is 2.41 bits per heavy atom. The van der Waals surface area contributed by atoms with Crippen molar-refractivity contribution in [3.63, 3.8) is 0 Å². The molecule has 1 aliphatic carbocycles. The highest BCUT2D eigenvalue weighted by Gasteiger charge is 2.42. The Kier molecular flexibility index (Phi) is 6.17. The van der Waals surface area contributed by atoms with Crippen LogP contribution in [0, 0.1) is 0 Å². The average molecular weight is 432 g/mol. The van der Waals surface area contributed by atoms with E-state index in [0.29, 0.717) is 35.4 Å². The molecule has 2 aromatic carbocycles. The van der Waals surface area contributed by atoms with Gasteiger partial charge in [0.05, 0.1) is 24.7 Å². The number of rotatable bonds is 5. The lowest BCUT2D eigenvalue weighted by molar-refractivity contribution is -0.143. The van der Waals surface area contributed by atoms with Crippen LogP contribution in [0.3, 0.4) is 0 Å². The first-order chi connectivity index (χ1) is 15.4. The highest BCUT2D eigenvalue weighted by atomic mass is 16.5. The van der Waals surface area contributed by atoms with Crippen LogP contribution in [0.5, 0.6) is 5.75 Å². The maximum atomic E-state index is 13.6. The van der Waals surface area contributed by atoms with Gasteiger partial charge in [-0.15, -0.1) is 0 Å². The van der Waals surface area contributed by atoms with Crippen LogP contribution in [-0.2, 0) is 14.3 Å². The molecule has 0 saturated heterocycles. The Balaban J connectivity index is 1.84. The number of benzene rings is 2. The summed E-state index contributed by atoms with van der Waals surface area (Å²) in [4.78, 5) is 26.8. The smallest absolute Gasteiger partial charge is 0.337 e. The molecule has 5 nitrogen and oxygen atoms in total. The molecule has 0 amide bonds. The summed E-state index contributed by atoms with van der Waals surface area (Å²) in [5.74, 6) is -0.147. The number of esters is 1. The minimum atomic E-state index is -0.530. The topological polar surface area (TPSA) is 64.6 Å². The average Bonchev–Trinajstić information content (AvgIpc) is 2.78. The predicted octanol–water partition coefficient (Wildman–Crippen LogP) is 5.01. The fourth-order valence-corrected chi connectivity index (χ4v) is 4.76. The number of ketones is 1. The molecule has 32 heavy (non-hydrogen) atoms. The Hall–Kier alpha value is -3.34. The van der Waals surface area contributed by atoms with Crippen LogP contribution >= 0.6 is 0 Å². The number of methoxy groups -OCH3 is 1. The molecule has 2 aromatic rings. The Labute approximate surface area is 189 Å². The van der Waals surface area contributed by atoms with Gasteiger partial charge < -0.3 is 14.8 Å². The van der Waals surface area contributed by atoms with Crippen LogP contribution in [0.4, 0.5) is 0 Å². The van der Waals surface area contributed by atoms with Gasteiger partial charge in [0.1, 0.15) is 5.75 Å². The van der Waals surface area contributed by atoms with E-state index in [1.807, 2.05) is 63.2 Å². The standard InChI is InChI=1S/C27H29NO4/c1-16(2)32-27(30)24-17(3)28-21-14-19(18-10-6-5-7-11-18)15-22(29)26(21)25(24)20-12-8-9-13-23(20)31-4/h5-13,16,19,25,28H,14-15H2,1-4H3/t19-,25+/m1/s1. The molecule has 2 atom stereocenters. The third-order valence-electron chi connectivity index (χ3n) is 6.11. The summed E-state index contributed by atoms with van der Waals surface area (Å²) in [5.41, 5.74) is 4.65. The fraction of sp³-hybridized carbons (Fsp3) is 0.333. The summed E-state index contributed by atoms with van der Waals surface area (Å²) in [6, 6.07) is 17.7. The number of allylic oxidation sites excluding steroid dienone is 3. The van der Waals surface area contributed by atoms with E-state index in [4.69, 9.17) is 9.47 Å².